The number of nitrogens with one attached hydrogen (secondary N) is 1. The van der Waals surface area contributed by atoms with Gasteiger partial charge in [0.15, 0.2) is 11.5 Å². The van der Waals surface area contributed by atoms with E-state index in [4.69, 9.17) is 4.74 Å². The zero-order valence-corrected chi connectivity index (χ0v) is 15.1. The van der Waals surface area contributed by atoms with E-state index in [9.17, 15) is 15.2 Å². The predicted octanol–water partition coefficient (Wildman–Crippen LogP) is 3.94. The standard InChI is InChI=1S/C18H15IN2O3/c1-2-24-16-10-12(9-15(19)17(16)22)8-13(11-20)18(23)21-14-6-4-3-5-7-14/h3-10,22H,2H2,1H3,(H,21,23)/b13-8+. The lowest BCUT2D eigenvalue weighted by Gasteiger charge is -2.09. The minimum atomic E-state index is -0.496. The molecule has 0 unspecified atom stereocenters. The first-order valence-electron chi connectivity index (χ1n) is 7.18. The Morgan fingerprint density at radius 1 is 1.38 bits per heavy atom. The van der Waals surface area contributed by atoms with Crippen LogP contribution < -0.4 is 10.1 Å². The second-order valence-electron chi connectivity index (χ2n) is 4.77. The van der Waals surface area contributed by atoms with Gasteiger partial charge < -0.3 is 15.2 Å². The van der Waals surface area contributed by atoms with E-state index in [-0.39, 0.29) is 11.3 Å². The smallest absolute Gasteiger partial charge is 0.266 e. The van der Waals surface area contributed by atoms with Crippen LogP contribution in [0.15, 0.2) is 48.0 Å². The fourth-order valence-electron chi connectivity index (χ4n) is 1.98. The number of nitriles is 1. The molecule has 0 aliphatic carbocycles. The Morgan fingerprint density at radius 3 is 2.71 bits per heavy atom. The maximum Gasteiger partial charge on any atom is 0.266 e. The number of para-hydroxylation sites is 1. The Hall–Kier alpha value is -2.53. The van der Waals surface area contributed by atoms with E-state index in [0.717, 1.165) is 0 Å². The maximum absolute atomic E-state index is 12.2. The van der Waals surface area contributed by atoms with Gasteiger partial charge in [-0.15, -0.1) is 0 Å². The zero-order valence-electron chi connectivity index (χ0n) is 12.9. The van der Waals surface area contributed by atoms with Crippen LogP contribution in [0.3, 0.4) is 0 Å². The summed E-state index contributed by atoms with van der Waals surface area (Å²) in [7, 11) is 0. The van der Waals surface area contributed by atoms with Gasteiger partial charge in [0.1, 0.15) is 11.6 Å². The third-order valence-electron chi connectivity index (χ3n) is 3.06. The largest absolute Gasteiger partial charge is 0.504 e. The number of hydrogen-bond acceptors (Lipinski definition) is 4. The van der Waals surface area contributed by atoms with Crippen molar-refractivity contribution in [1.29, 1.82) is 5.26 Å². The second-order valence-corrected chi connectivity index (χ2v) is 5.93. The summed E-state index contributed by atoms with van der Waals surface area (Å²) in [5.41, 5.74) is 1.17. The van der Waals surface area contributed by atoms with Crippen LogP contribution in [0.5, 0.6) is 11.5 Å². The summed E-state index contributed by atoms with van der Waals surface area (Å²) >= 11 is 1.97. The molecule has 6 heteroatoms. The Morgan fingerprint density at radius 2 is 2.08 bits per heavy atom. The number of aromatic hydroxyl groups is 1. The number of amides is 1. The van der Waals surface area contributed by atoms with Crippen LogP contribution in [0.25, 0.3) is 6.08 Å². The van der Waals surface area contributed by atoms with Gasteiger partial charge in [-0.05, 0) is 65.4 Å². The van der Waals surface area contributed by atoms with Crippen LogP contribution >= 0.6 is 22.6 Å². The molecule has 0 atom stereocenters. The number of phenolic OH excluding ortho intramolecular Hbond substituents is 1. The Kier molecular flexibility index (Phi) is 6.21. The monoisotopic (exact) mass is 434 g/mol. The molecule has 0 spiro atoms. The summed E-state index contributed by atoms with van der Waals surface area (Å²) in [5, 5.41) is 21.9. The molecule has 2 aromatic carbocycles. The molecular formula is C18H15IN2O3. The van der Waals surface area contributed by atoms with Crippen LogP contribution in [0, 0.1) is 14.9 Å². The van der Waals surface area contributed by atoms with Gasteiger partial charge in [-0.1, -0.05) is 18.2 Å². The van der Waals surface area contributed by atoms with Gasteiger partial charge in [0.25, 0.3) is 5.91 Å². The molecule has 0 bridgehead atoms. The van der Waals surface area contributed by atoms with Crippen molar-refractivity contribution in [2.45, 2.75) is 6.92 Å². The SMILES string of the molecule is CCOc1cc(/C=C(\C#N)C(=O)Nc2ccccc2)cc(I)c1O. The molecule has 24 heavy (non-hydrogen) atoms. The number of carbonyl (C=O) groups is 1. The van der Waals surface area contributed by atoms with Gasteiger partial charge in [-0.2, -0.15) is 5.26 Å². The van der Waals surface area contributed by atoms with Crippen molar-refractivity contribution in [3.8, 4) is 17.6 Å². The van der Waals surface area contributed by atoms with Crippen molar-refractivity contribution < 1.29 is 14.6 Å². The average molecular weight is 434 g/mol. The van der Waals surface area contributed by atoms with Gasteiger partial charge in [0.05, 0.1) is 10.2 Å². The Balaban J connectivity index is 2.30. The fourth-order valence-corrected chi connectivity index (χ4v) is 2.60. The first-order valence-corrected chi connectivity index (χ1v) is 8.26. The van der Waals surface area contributed by atoms with Crippen molar-refractivity contribution in [3.63, 3.8) is 0 Å². The zero-order chi connectivity index (χ0) is 17.5. The lowest BCUT2D eigenvalue weighted by molar-refractivity contribution is -0.112. The van der Waals surface area contributed by atoms with E-state index >= 15 is 0 Å². The summed E-state index contributed by atoms with van der Waals surface area (Å²) in [6.45, 7) is 2.21. The molecule has 0 heterocycles. The molecule has 0 aliphatic heterocycles. The number of carbonyl (C=O) groups excluding carboxylic acids is 1. The number of phenols is 1. The number of hydrogen-bond donors (Lipinski definition) is 2. The molecule has 0 saturated heterocycles. The number of ether oxygens (including phenoxy) is 1. The molecule has 2 rings (SSSR count). The summed E-state index contributed by atoms with van der Waals surface area (Å²) < 4.78 is 5.94. The third kappa shape index (κ3) is 4.49. The normalized spacial score (nSPS) is 10.8. The quantitative estimate of drug-likeness (QED) is 0.425. The minimum Gasteiger partial charge on any atom is -0.504 e. The fraction of sp³-hybridized carbons (Fsp3) is 0.111. The van der Waals surface area contributed by atoms with E-state index in [1.54, 1.807) is 36.4 Å². The van der Waals surface area contributed by atoms with Crippen LogP contribution in [0.4, 0.5) is 5.69 Å². The Bertz CT molecular complexity index is 811. The highest BCUT2D eigenvalue weighted by Crippen LogP contribution is 2.33. The topological polar surface area (TPSA) is 82.3 Å². The lowest BCUT2D eigenvalue weighted by atomic mass is 10.1. The summed E-state index contributed by atoms with van der Waals surface area (Å²) in [4.78, 5) is 12.2. The molecule has 2 aromatic rings. The second kappa shape index (κ2) is 8.36. The molecule has 0 radical (unpaired) electrons. The van der Waals surface area contributed by atoms with Crippen molar-refractivity contribution in [3.05, 3.63) is 57.2 Å². The summed E-state index contributed by atoms with van der Waals surface area (Å²) in [6.07, 6.45) is 1.46. The molecular weight excluding hydrogens is 419 g/mol. The highest BCUT2D eigenvalue weighted by molar-refractivity contribution is 14.1. The van der Waals surface area contributed by atoms with E-state index in [0.29, 0.717) is 27.2 Å². The van der Waals surface area contributed by atoms with Crippen LogP contribution in [0.2, 0.25) is 0 Å². The molecule has 0 aliphatic rings. The van der Waals surface area contributed by atoms with Gasteiger partial charge in [0, 0.05) is 5.69 Å². The van der Waals surface area contributed by atoms with Crippen LogP contribution in [-0.2, 0) is 4.79 Å². The molecule has 0 saturated carbocycles. The van der Waals surface area contributed by atoms with E-state index in [2.05, 4.69) is 5.32 Å². The first kappa shape index (κ1) is 17.8. The number of nitrogens with zero attached hydrogens (tertiary/aromatic N) is 1. The van der Waals surface area contributed by atoms with E-state index < -0.39 is 5.91 Å². The summed E-state index contributed by atoms with van der Waals surface area (Å²) in [5.74, 6) is -0.136. The van der Waals surface area contributed by atoms with Crippen LogP contribution in [0.1, 0.15) is 12.5 Å². The number of anilines is 1. The molecule has 1 amide bonds. The molecule has 2 N–H and O–H groups in total. The lowest BCUT2D eigenvalue weighted by Crippen LogP contribution is -2.13. The van der Waals surface area contributed by atoms with Crippen molar-refractivity contribution >= 4 is 40.3 Å². The highest BCUT2D eigenvalue weighted by atomic mass is 127. The summed E-state index contributed by atoms with van der Waals surface area (Å²) in [6, 6.07) is 14.1. The van der Waals surface area contributed by atoms with Crippen molar-refractivity contribution in [1.82, 2.24) is 0 Å². The molecule has 0 fully saturated rings. The van der Waals surface area contributed by atoms with Gasteiger partial charge >= 0.3 is 0 Å². The molecule has 0 aromatic heterocycles. The average Bonchev–Trinajstić information content (AvgIpc) is 2.58. The molecule has 5 nitrogen and oxygen atoms in total. The minimum absolute atomic E-state index is 0.0391. The van der Waals surface area contributed by atoms with Gasteiger partial charge in [0.2, 0.25) is 0 Å². The number of rotatable bonds is 5. The number of benzene rings is 2. The van der Waals surface area contributed by atoms with Crippen molar-refractivity contribution in [2.24, 2.45) is 0 Å². The van der Waals surface area contributed by atoms with Crippen LogP contribution in [-0.4, -0.2) is 17.6 Å². The first-order chi connectivity index (χ1) is 11.5. The van der Waals surface area contributed by atoms with Gasteiger partial charge in [-0.3, -0.25) is 4.79 Å². The molecule has 122 valence electrons. The number of halogens is 1. The third-order valence-corrected chi connectivity index (χ3v) is 3.88. The van der Waals surface area contributed by atoms with E-state index in [1.807, 2.05) is 41.7 Å². The highest BCUT2D eigenvalue weighted by Gasteiger charge is 2.12. The predicted molar refractivity (Wildman–Crippen MR) is 101 cm³/mol. The van der Waals surface area contributed by atoms with Crippen molar-refractivity contribution in [2.75, 3.05) is 11.9 Å². The van der Waals surface area contributed by atoms with E-state index in [1.165, 1.54) is 6.08 Å². The Labute approximate surface area is 153 Å². The maximum atomic E-state index is 12.2. The van der Waals surface area contributed by atoms with Gasteiger partial charge in [-0.25, -0.2) is 0 Å².